The van der Waals surface area contributed by atoms with Crippen LogP contribution >= 0.6 is 0 Å². The van der Waals surface area contributed by atoms with E-state index in [1.54, 1.807) is 0 Å². The van der Waals surface area contributed by atoms with Crippen molar-refractivity contribution in [1.82, 2.24) is 9.80 Å². The number of hydrogen-bond acceptors (Lipinski definition) is 4. The smallest absolute Gasteiger partial charge is 0.231 e. The molecule has 5 nitrogen and oxygen atoms in total. The lowest BCUT2D eigenvalue weighted by molar-refractivity contribution is -0.119. The number of rotatable bonds is 5. The summed E-state index contributed by atoms with van der Waals surface area (Å²) >= 11 is 0. The highest BCUT2D eigenvalue weighted by Crippen LogP contribution is 2.21. The van der Waals surface area contributed by atoms with Gasteiger partial charge in [0.2, 0.25) is 5.91 Å². The maximum absolute atomic E-state index is 13.6. The molecule has 1 unspecified atom stereocenters. The number of carbonyl (C=O) groups excluding carboxylic acids is 1. The molecule has 116 valence electrons. The van der Waals surface area contributed by atoms with Crippen LogP contribution in [0, 0.1) is 11.6 Å². The summed E-state index contributed by atoms with van der Waals surface area (Å²) in [5.74, 6) is -1.86. The van der Waals surface area contributed by atoms with Crippen LogP contribution in [0.5, 0.6) is 0 Å². The van der Waals surface area contributed by atoms with Gasteiger partial charge in [-0.25, -0.2) is 8.78 Å². The van der Waals surface area contributed by atoms with Crippen molar-refractivity contribution in [3.05, 3.63) is 35.4 Å². The summed E-state index contributed by atoms with van der Waals surface area (Å²) in [7, 11) is 0. The Morgan fingerprint density at radius 3 is 2.24 bits per heavy atom. The molecule has 0 spiro atoms. The van der Waals surface area contributed by atoms with Gasteiger partial charge >= 0.3 is 0 Å². The molecule has 1 aromatic carbocycles. The number of hydrogen-bond donors (Lipinski definition) is 2. The number of benzene rings is 1. The predicted molar refractivity (Wildman–Crippen MR) is 73.4 cm³/mol. The molecule has 0 aliphatic carbocycles. The predicted octanol–water partition coefficient (Wildman–Crippen LogP) is 0.101. The number of piperazine rings is 1. The summed E-state index contributed by atoms with van der Waals surface area (Å²) < 4.78 is 27.2. The Balaban J connectivity index is 1.90. The summed E-state index contributed by atoms with van der Waals surface area (Å²) in [6.45, 7) is 2.85. The van der Waals surface area contributed by atoms with Crippen LogP contribution in [0.3, 0.4) is 0 Å². The van der Waals surface area contributed by atoms with E-state index in [1.165, 1.54) is 6.07 Å². The van der Waals surface area contributed by atoms with Crippen molar-refractivity contribution in [1.29, 1.82) is 0 Å². The standard InChI is InChI=1S/C14H19F2N3O2/c15-10-2-1-3-11(16)14(10)12(20)8-18-4-6-19(7-5-18)9-13(17)21/h1-3,12,20H,4-9H2,(H2,17,21). The first-order chi connectivity index (χ1) is 9.97. The Bertz CT molecular complexity index is 485. The topological polar surface area (TPSA) is 69.8 Å². The van der Waals surface area contributed by atoms with Crippen molar-refractivity contribution in [2.24, 2.45) is 5.73 Å². The molecule has 1 heterocycles. The molecular formula is C14H19F2N3O2. The second kappa shape index (κ2) is 6.93. The summed E-state index contributed by atoms with van der Waals surface area (Å²) in [6, 6.07) is 3.53. The van der Waals surface area contributed by atoms with Gasteiger partial charge in [-0.15, -0.1) is 0 Å². The van der Waals surface area contributed by atoms with Gasteiger partial charge in [-0.05, 0) is 12.1 Å². The van der Waals surface area contributed by atoms with E-state index in [-0.39, 0.29) is 24.6 Å². The molecule has 1 saturated heterocycles. The third kappa shape index (κ3) is 4.20. The van der Waals surface area contributed by atoms with E-state index in [0.29, 0.717) is 26.2 Å². The third-order valence-electron chi connectivity index (χ3n) is 3.61. The van der Waals surface area contributed by atoms with Crippen LogP contribution < -0.4 is 5.73 Å². The molecule has 0 aromatic heterocycles. The van der Waals surface area contributed by atoms with Crippen molar-refractivity contribution >= 4 is 5.91 Å². The first-order valence-electron chi connectivity index (χ1n) is 6.82. The van der Waals surface area contributed by atoms with Gasteiger partial charge in [-0.2, -0.15) is 0 Å². The Morgan fingerprint density at radius 2 is 1.71 bits per heavy atom. The Kier molecular flexibility index (Phi) is 5.22. The Hall–Kier alpha value is -1.57. The molecule has 3 N–H and O–H groups in total. The highest BCUT2D eigenvalue weighted by Gasteiger charge is 2.23. The molecule has 7 heteroatoms. The number of β-amino-alcohol motifs (C(OH)–C–C–N with tert-alkyl or cyclic N) is 1. The van der Waals surface area contributed by atoms with Crippen LogP contribution in [0.1, 0.15) is 11.7 Å². The van der Waals surface area contributed by atoms with Gasteiger partial charge in [-0.1, -0.05) is 6.07 Å². The normalized spacial score (nSPS) is 18.6. The highest BCUT2D eigenvalue weighted by molar-refractivity contribution is 5.75. The first kappa shape index (κ1) is 15.8. The number of nitrogens with two attached hydrogens (primary N) is 1. The van der Waals surface area contributed by atoms with Crippen LogP contribution in [0.25, 0.3) is 0 Å². The van der Waals surface area contributed by atoms with E-state index >= 15 is 0 Å². The molecule has 1 aliphatic rings. The van der Waals surface area contributed by atoms with E-state index in [0.717, 1.165) is 12.1 Å². The summed E-state index contributed by atoms with van der Waals surface area (Å²) in [4.78, 5) is 14.7. The van der Waals surface area contributed by atoms with Gasteiger partial charge in [-0.3, -0.25) is 14.6 Å². The molecule has 0 saturated carbocycles. The average molecular weight is 299 g/mol. The highest BCUT2D eigenvalue weighted by atomic mass is 19.1. The second-order valence-corrected chi connectivity index (χ2v) is 5.19. The number of amides is 1. The molecule has 1 atom stereocenters. The largest absolute Gasteiger partial charge is 0.387 e. The number of aliphatic hydroxyl groups is 1. The number of halogens is 2. The maximum Gasteiger partial charge on any atom is 0.231 e. The summed E-state index contributed by atoms with van der Waals surface area (Å²) in [5.41, 5.74) is 4.84. The van der Waals surface area contributed by atoms with Crippen LogP contribution in [0.2, 0.25) is 0 Å². The maximum atomic E-state index is 13.6. The van der Waals surface area contributed by atoms with E-state index in [1.807, 2.05) is 9.80 Å². The minimum Gasteiger partial charge on any atom is -0.387 e. The molecule has 1 amide bonds. The Morgan fingerprint density at radius 1 is 1.19 bits per heavy atom. The molecule has 1 aromatic rings. The van der Waals surface area contributed by atoms with Gasteiger partial charge in [0, 0.05) is 32.7 Å². The zero-order chi connectivity index (χ0) is 15.4. The molecule has 2 rings (SSSR count). The fraction of sp³-hybridized carbons (Fsp3) is 0.500. The molecule has 1 aliphatic heterocycles. The molecule has 1 fully saturated rings. The van der Waals surface area contributed by atoms with E-state index in [2.05, 4.69) is 0 Å². The van der Waals surface area contributed by atoms with Gasteiger partial charge < -0.3 is 10.8 Å². The van der Waals surface area contributed by atoms with Crippen LogP contribution in [0.15, 0.2) is 18.2 Å². The van der Waals surface area contributed by atoms with Crippen molar-refractivity contribution in [3.8, 4) is 0 Å². The van der Waals surface area contributed by atoms with Crippen molar-refractivity contribution < 1.29 is 18.7 Å². The molecule has 0 radical (unpaired) electrons. The van der Waals surface area contributed by atoms with Crippen LogP contribution in [-0.4, -0.2) is 60.1 Å². The quantitative estimate of drug-likeness (QED) is 0.809. The van der Waals surface area contributed by atoms with E-state index in [9.17, 15) is 18.7 Å². The summed E-state index contributed by atoms with van der Waals surface area (Å²) in [6.07, 6.45) is -1.21. The lowest BCUT2D eigenvalue weighted by Crippen LogP contribution is -2.49. The zero-order valence-electron chi connectivity index (χ0n) is 11.6. The monoisotopic (exact) mass is 299 g/mol. The van der Waals surface area contributed by atoms with Gasteiger partial charge in [0.1, 0.15) is 11.6 Å². The fourth-order valence-electron chi connectivity index (χ4n) is 2.52. The SMILES string of the molecule is NC(=O)CN1CCN(CC(O)c2c(F)cccc2F)CC1. The number of primary amides is 1. The minimum absolute atomic E-state index is 0.155. The zero-order valence-corrected chi connectivity index (χ0v) is 11.6. The molecular weight excluding hydrogens is 280 g/mol. The van der Waals surface area contributed by atoms with Crippen LogP contribution in [0.4, 0.5) is 8.78 Å². The summed E-state index contributed by atoms with van der Waals surface area (Å²) in [5, 5.41) is 10.0. The minimum atomic E-state index is -1.21. The lowest BCUT2D eigenvalue weighted by Gasteiger charge is -2.35. The third-order valence-corrected chi connectivity index (χ3v) is 3.61. The van der Waals surface area contributed by atoms with Crippen LogP contribution in [-0.2, 0) is 4.79 Å². The Labute approximate surface area is 121 Å². The van der Waals surface area contributed by atoms with Crippen molar-refractivity contribution in [3.63, 3.8) is 0 Å². The fourth-order valence-corrected chi connectivity index (χ4v) is 2.52. The van der Waals surface area contributed by atoms with E-state index in [4.69, 9.17) is 5.73 Å². The van der Waals surface area contributed by atoms with Crippen molar-refractivity contribution in [2.45, 2.75) is 6.10 Å². The number of nitrogens with zero attached hydrogens (tertiary/aromatic N) is 2. The first-order valence-corrected chi connectivity index (χ1v) is 6.82. The number of aliphatic hydroxyl groups excluding tert-OH is 1. The van der Waals surface area contributed by atoms with Crippen molar-refractivity contribution in [2.75, 3.05) is 39.3 Å². The van der Waals surface area contributed by atoms with Gasteiger partial charge in [0.25, 0.3) is 0 Å². The molecule has 21 heavy (non-hydrogen) atoms. The van der Waals surface area contributed by atoms with Gasteiger partial charge in [0.05, 0.1) is 18.2 Å². The average Bonchev–Trinajstić information content (AvgIpc) is 2.40. The number of carbonyl (C=O) groups is 1. The lowest BCUT2D eigenvalue weighted by atomic mass is 10.1. The molecule has 0 bridgehead atoms. The second-order valence-electron chi connectivity index (χ2n) is 5.19. The van der Waals surface area contributed by atoms with Gasteiger partial charge in [0.15, 0.2) is 0 Å². The van der Waals surface area contributed by atoms with E-state index < -0.39 is 17.7 Å².